The van der Waals surface area contributed by atoms with E-state index in [2.05, 4.69) is 30.0 Å². The fourth-order valence-electron chi connectivity index (χ4n) is 2.60. The normalized spacial score (nSPS) is 16.9. The van der Waals surface area contributed by atoms with E-state index in [0.29, 0.717) is 17.6 Å². The molecule has 1 fully saturated rings. The Labute approximate surface area is 154 Å². The molecule has 1 aromatic rings. The zero-order valence-electron chi connectivity index (χ0n) is 15.0. The molecule has 0 aromatic heterocycles. The maximum Gasteiger partial charge on any atom is 0.243 e. The molecule has 2 rings (SSSR count). The molecule has 3 N–H and O–H groups in total. The third-order valence-corrected chi connectivity index (χ3v) is 4.39. The number of thiocarbonyl (C=S) groups is 1. The van der Waals surface area contributed by atoms with E-state index >= 15 is 0 Å². The Kier molecular flexibility index (Phi) is 6.75. The van der Waals surface area contributed by atoms with Gasteiger partial charge in [-0.1, -0.05) is 31.5 Å². The van der Waals surface area contributed by atoms with E-state index in [9.17, 15) is 9.59 Å². The molecule has 0 radical (unpaired) electrons. The number of hydrogen-bond acceptors (Lipinski definition) is 3. The van der Waals surface area contributed by atoms with Crippen LogP contribution in [0, 0.1) is 18.8 Å². The molecule has 0 saturated carbocycles. The number of rotatable bonds is 5. The largest absolute Gasteiger partial charge is 0.361 e. The Morgan fingerprint density at radius 1 is 1.28 bits per heavy atom. The predicted octanol–water partition coefficient (Wildman–Crippen LogP) is 1.89. The second-order valence-electron chi connectivity index (χ2n) is 6.79. The van der Waals surface area contributed by atoms with Crippen LogP contribution in [0.3, 0.4) is 0 Å². The van der Waals surface area contributed by atoms with E-state index in [1.165, 1.54) is 0 Å². The van der Waals surface area contributed by atoms with Crippen LogP contribution in [0.5, 0.6) is 0 Å². The molecular formula is C18H26N4O2S. The highest BCUT2D eigenvalue weighted by Crippen LogP contribution is 2.25. The number of benzene rings is 1. The lowest BCUT2D eigenvalue weighted by molar-refractivity contribution is -0.126. The van der Waals surface area contributed by atoms with Crippen molar-refractivity contribution in [3.05, 3.63) is 29.8 Å². The zero-order chi connectivity index (χ0) is 18.4. The molecule has 7 heteroatoms. The van der Waals surface area contributed by atoms with E-state index in [1.54, 1.807) is 4.90 Å². The van der Waals surface area contributed by atoms with Crippen LogP contribution in [-0.2, 0) is 9.59 Å². The second kappa shape index (κ2) is 8.80. The van der Waals surface area contributed by atoms with Gasteiger partial charge in [0.15, 0.2) is 5.11 Å². The molecule has 1 atom stereocenters. The fourth-order valence-corrected chi connectivity index (χ4v) is 2.75. The van der Waals surface area contributed by atoms with Crippen LogP contribution in [0.2, 0.25) is 0 Å². The Balaban J connectivity index is 1.80. The van der Waals surface area contributed by atoms with E-state index in [-0.39, 0.29) is 24.2 Å². The summed E-state index contributed by atoms with van der Waals surface area (Å²) in [6.45, 7) is 7.40. The summed E-state index contributed by atoms with van der Waals surface area (Å²) in [6.07, 6.45) is 1.20. The monoisotopic (exact) mass is 362 g/mol. The van der Waals surface area contributed by atoms with Crippen LogP contribution < -0.4 is 21.1 Å². The molecule has 0 bridgehead atoms. The highest BCUT2D eigenvalue weighted by molar-refractivity contribution is 7.80. The number of amides is 2. The number of hydrogen-bond donors (Lipinski definition) is 3. The molecule has 1 aliphatic heterocycles. The van der Waals surface area contributed by atoms with Crippen LogP contribution in [0.1, 0.15) is 32.3 Å². The van der Waals surface area contributed by atoms with Gasteiger partial charge in [-0.3, -0.25) is 20.4 Å². The highest BCUT2D eigenvalue weighted by atomic mass is 32.1. The number of hydrazine groups is 1. The lowest BCUT2D eigenvalue weighted by Crippen LogP contribution is -2.49. The summed E-state index contributed by atoms with van der Waals surface area (Å²) in [4.78, 5) is 26.1. The van der Waals surface area contributed by atoms with Crippen molar-refractivity contribution in [3.8, 4) is 0 Å². The minimum atomic E-state index is -0.389. The number of aryl methyl sites for hydroxylation is 1. The van der Waals surface area contributed by atoms with Crippen LogP contribution in [0.15, 0.2) is 24.3 Å². The van der Waals surface area contributed by atoms with Gasteiger partial charge >= 0.3 is 0 Å². The molecule has 2 amide bonds. The molecule has 6 nitrogen and oxygen atoms in total. The maximum atomic E-state index is 12.3. The molecule has 25 heavy (non-hydrogen) atoms. The first-order chi connectivity index (χ1) is 11.9. The van der Waals surface area contributed by atoms with Crippen molar-refractivity contribution in [2.24, 2.45) is 11.8 Å². The molecule has 0 aliphatic carbocycles. The average Bonchev–Trinajstić information content (AvgIpc) is 2.95. The number of carbonyl (C=O) groups is 2. The first-order valence-electron chi connectivity index (χ1n) is 8.57. The lowest BCUT2D eigenvalue weighted by atomic mass is 10.1. The predicted molar refractivity (Wildman–Crippen MR) is 103 cm³/mol. The van der Waals surface area contributed by atoms with Crippen LogP contribution >= 0.6 is 12.2 Å². The zero-order valence-corrected chi connectivity index (χ0v) is 15.8. The average molecular weight is 362 g/mol. The van der Waals surface area contributed by atoms with Gasteiger partial charge in [0.2, 0.25) is 11.8 Å². The maximum absolute atomic E-state index is 12.3. The van der Waals surface area contributed by atoms with Crippen molar-refractivity contribution >= 4 is 34.8 Å². The van der Waals surface area contributed by atoms with Gasteiger partial charge in [-0.05, 0) is 43.6 Å². The molecule has 1 aromatic carbocycles. The van der Waals surface area contributed by atoms with E-state index in [1.807, 2.05) is 31.2 Å². The van der Waals surface area contributed by atoms with Gasteiger partial charge in [-0.25, -0.2) is 0 Å². The number of nitrogens with zero attached hydrogens (tertiary/aromatic N) is 1. The number of anilines is 1. The second-order valence-corrected chi connectivity index (χ2v) is 7.20. The van der Waals surface area contributed by atoms with Crippen molar-refractivity contribution in [2.45, 2.75) is 33.6 Å². The summed E-state index contributed by atoms with van der Waals surface area (Å²) in [5, 5.41) is 3.42. The van der Waals surface area contributed by atoms with Gasteiger partial charge in [0.05, 0.1) is 5.92 Å². The third kappa shape index (κ3) is 5.70. The SMILES string of the molecule is Cc1ccc(N2C[C@@H](C(=O)NNC(=S)NCCC(C)C)CC2=O)cc1. The van der Waals surface area contributed by atoms with Gasteiger partial charge in [0.25, 0.3) is 0 Å². The first kappa shape index (κ1) is 19.2. The quantitative estimate of drug-likeness (QED) is 0.551. The van der Waals surface area contributed by atoms with Crippen molar-refractivity contribution in [3.63, 3.8) is 0 Å². The van der Waals surface area contributed by atoms with Crippen molar-refractivity contribution in [1.29, 1.82) is 0 Å². The summed E-state index contributed by atoms with van der Waals surface area (Å²) >= 11 is 5.12. The summed E-state index contributed by atoms with van der Waals surface area (Å²) in [5.41, 5.74) is 7.25. The van der Waals surface area contributed by atoms with Gasteiger partial charge in [-0.2, -0.15) is 0 Å². The molecule has 0 spiro atoms. The lowest BCUT2D eigenvalue weighted by Gasteiger charge is -2.17. The summed E-state index contributed by atoms with van der Waals surface area (Å²) < 4.78 is 0. The number of carbonyl (C=O) groups excluding carboxylic acids is 2. The van der Waals surface area contributed by atoms with Crippen LogP contribution in [0.25, 0.3) is 0 Å². The Morgan fingerprint density at radius 3 is 2.60 bits per heavy atom. The third-order valence-electron chi connectivity index (χ3n) is 4.15. The van der Waals surface area contributed by atoms with Gasteiger partial charge < -0.3 is 10.2 Å². The van der Waals surface area contributed by atoms with Crippen molar-refractivity contribution < 1.29 is 9.59 Å². The summed E-state index contributed by atoms with van der Waals surface area (Å²) in [5.74, 6) is -0.0699. The molecule has 136 valence electrons. The standard InChI is InChI=1S/C18H26N4O2S/c1-12(2)8-9-19-18(25)21-20-17(24)14-10-16(23)22(11-14)15-6-4-13(3)5-7-15/h4-7,12,14H,8-11H2,1-3H3,(H,20,24)(H2,19,21,25)/t14-/m0/s1. The molecular weight excluding hydrogens is 336 g/mol. The molecule has 1 saturated heterocycles. The summed E-state index contributed by atoms with van der Waals surface area (Å²) in [6, 6.07) is 7.72. The smallest absolute Gasteiger partial charge is 0.243 e. The first-order valence-corrected chi connectivity index (χ1v) is 8.98. The van der Waals surface area contributed by atoms with Gasteiger partial charge in [0.1, 0.15) is 0 Å². The topological polar surface area (TPSA) is 73.5 Å². The molecule has 1 heterocycles. The summed E-state index contributed by atoms with van der Waals surface area (Å²) in [7, 11) is 0. The molecule has 0 unspecified atom stereocenters. The van der Waals surface area contributed by atoms with Crippen LogP contribution in [0.4, 0.5) is 5.69 Å². The fraction of sp³-hybridized carbons (Fsp3) is 0.500. The Hall–Kier alpha value is -2.15. The number of nitrogens with one attached hydrogen (secondary N) is 3. The minimum absolute atomic E-state index is 0.0402. The van der Waals surface area contributed by atoms with Gasteiger partial charge in [0, 0.05) is 25.2 Å². The highest BCUT2D eigenvalue weighted by Gasteiger charge is 2.35. The van der Waals surface area contributed by atoms with E-state index in [4.69, 9.17) is 12.2 Å². The Bertz CT molecular complexity index is 630. The van der Waals surface area contributed by atoms with Crippen LogP contribution in [-0.4, -0.2) is 30.0 Å². The minimum Gasteiger partial charge on any atom is -0.361 e. The Morgan fingerprint density at radius 2 is 1.96 bits per heavy atom. The van der Waals surface area contributed by atoms with E-state index in [0.717, 1.165) is 24.2 Å². The van der Waals surface area contributed by atoms with Crippen molar-refractivity contribution in [2.75, 3.05) is 18.0 Å². The van der Waals surface area contributed by atoms with Crippen molar-refractivity contribution in [1.82, 2.24) is 16.2 Å². The van der Waals surface area contributed by atoms with E-state index < -0.39 is 0 Å². The molecule has 1 aliphatic rings. The van der Waals surface area contributed by atoms with Gasteiger partial charge in [-0.15, -0.1) is 0 Å².